The number of aryl methyl sites for hydroxylation is 1. The van der Waals surface area contributed by atoms with Gasteiger partial charge in [0.15, 0.2) is 5.82 Å². The van der Waals surface area contributed by atoms with E-state index in [4.69, 9.17) is 23.2 Å². The van der Waals surface area contributed by atoms with Crippen LogP contribution in [0, 0.1) is 0 Å². The lowest BCUT2D eigenvalue weighted by molar-refractivity contribution is -0.138. The van der Waals surface area contributed by atoms with Gasteiger partial charge in [-0.1, -0.05) is 34.5 Å². The van der Waals surface area contributed by atoms with E-state index in [1.54, 1.807) is 19.2 Å². The van der Waals surface area contributed by atoms with Crippen molar-refractivity contribution in [3.05, 3.63) is 40.0 Å². The highest BCUT2D eigenvalue weighted by Crippen LogP contribution is 2.37. The molecule has 0 spiro atoms. The first-order valence-corrected chi connectivity index (χ1v) is 8.56. The molecule has 0 unspecified atom stereocenters. The van der Waals surface area contributed by atoms with Crippen LogP contribution in [0.1, 0.15) is 24.8 Å². The van der Waals surface area contributed by atoms with Gasteiger partial charge in [0.2, 0.25) is 0 Å². The Bertz CT molecular complexity index is 817. The quantitative estimate of drug-likeness (QED) is 0.795. The van der Waals surface area contributed by atoms with Crippen LogP contribution in [-0.2, 0) is 23.1 Å². The van der Waals surface area contributed by atoms with Crippen molar-refractivity contribution in [2.75, 3.05) is 5.32 Å². The highest BCUT2D eigenvalue weighted by Gasteiger charge is 2.40. The molecule has 0 radical (unpaired) electrons. The summed E-state index contributed by atoms with van der Waals surface area (Å²) < 4.78 is 1.37. The van der Waals surface area contributed by atoms with Crippen molar-refractivity contribution in [1.82, 2.24) is 20.3 Å². The Balaban J connectivity index is 1.67. The Morgan fingerprint density at radius 2 is 2.04 bits per heavy atom. The number of anilines is 1. The van der Waals surface area contributed by atoms with Crippen molar-refractivity contribution in [1.29, 1.82) is 0 Å². The fourth-order valence-electron chi connectivity index (χ4n) is 2.85. The van der Waals surface area contributed by atoms with Gasteiger partial charge in [-0.15, -0.1) is 5.10 Å². The van der Waals surface area contributed by atoms with E-state index in [-0.39, 0.29) is 0 Å². The number of halogens is 2. The first-order chi connectivity index (χ1) is 11.9. The van der Waals surface area contributed by atoms with E-state index < -0.39 is 17.4 Å². The summed E-state index contributed by atoms with van der Waals surface area (Å²) in [5.74, 6) is -1.09. The van der Waals surface area contributed by atoms with Crippen molar-refractivity contribution in [3.63, 3.8) is 0 Å². The van der Waals surface area contributed by atoms with Gasteiger partial charge in [-0.05, 0) is 43.4 Å². The Labute approximate surface area is 154 Å². The summed E-state index contributed by atoms with van der Waals surface area (Å²) in [6, 6.07) is 5.28. The second kappa shape index (κ2) is 7.01. The first kappa shape index (κ1) is 17.7. The zero-order valence-electron chi connectivity index (χ0n) is 13.6. The standard InChI is InChI=1S/C16H17Cl2N5O2/c1-23-13(9-19-22-23)20-14(24)15(25)21-16(5-2-6-16)8-10-3-4-11(17)7-12(10)18/h3-4,7,9H,2,5-6,8H2,1H3,(H,20,24)(H,21,25). The lowest BCUT2D eigenvalue weighted by atomic mass is 9.72. The van der Waals surface area contributed by atoms with Crippen molar-refractivity contribution in [2.24, 2.45) is 7.05 Å². The molecule has 0 saturated heterocycles. The summed E-state index contributed by atoms with van der Waals surface area (Å²) in [5, 5.41) is 13.8. The van der Waals surface area contributed by atoms with Crippen molar-refractivity contribution in [3.8, 4) is 0 Å². The highest BCUT2D eigenvalue weighted by atomic mass is 35.5. The van der Waals surface area contributed by atoms with Gasteiger partial charge in [-0.3, -0.25) is 9.59 Å². The van der Waals surface area contributed by atoms with Crippen LogP contribution in [0.25, 0.3) is 0 Å². The summed E-state index contributed by atoms with van der Waals surface area (Å²) in [6.07, 6.45) is 4.49. The summed E-state index contributed by atoms with van der Waals surface area (Å²) in [4.78, 5) is 24.4. The van der Waals surface area contributed by atoms with Crippen LogP contribution < -0.4 is 10.6 Å². The molecule has 3 rings (SSSR count). The molecular formula is C16H17Cl2N5O2. The summed E-state index contributed by atoms with van der Waals surface area (Å²) in [6.45, 7) is 0. The number of nitrogens with one attached hydrogen (secondary N) is 2. The molecule has 2 N–H and O–H groups in total. The van der Waals surface area contributed by atoms with E-state index in [9.17, 15) is 9.59 Å². The topological polar surface area (TPSA) is 88.9 Å². The molecule has 1 aliphatic rings. The van der Waals surface area contributed by atoms with Crippen LogP contribution in [0.3, 0.4) is 0 Å². The maximum absolute atomic E-state index is 12.3. The molecule has 1 aromatic carbocycles. The van der Waals surface area contributed by atoms with Gasteiger partial charge < -0.3 is 10.6 Å². The first-order valence-electron chi connectivity index (χ1n) is 7.81. The van der Waals surface area contributed by atoms with Crippen LogP contribution in [0.2, 0.25) is 10.0 Å². The number of nitrogens with zero attached hydrogens (tertiary/aromatic N) is 3. The van der Waals surface area contributed by atoms with E-state index in [2.05, 4.69) is 20.9 Å². The van der Waals surface area contributed by atoms with Crippen LogP contribution in [0.5, 0.6) is 0 Å². The van der Waals surface area contributed by atoms with E-state index in [0.29, 0.717) is 22.3 Å². The normalized spacial score (nSPS) is 15.3. The van der Waals surface area contributed by atoms with Gasteiger partial charge in [0.1, 0.15) is 0 Å². The molecule has 2 amide bonds. The third-order valence-corrected chi connectivity index (χ3v) is 4.98. The molecular weight excluding hydrogens is 365 g/mol. The van der Waals surface area contributed by atoms with Gasteiger partial charge in [0, 0.05) is 22.6 Å². The molecule has 25 heavy (non-hydrogen) atoms. The molecule has 1 aromatic heterocycles. The lowest BCUT2D eigenvalue weighted by Gasteiger charge is -2.42. The Hall–Kier alpha value is -2.12. The van der Waals surface area contributed by atoms with Crippen LogP contribution >= 0.6 is 23.2 Å². The van der Waals surface area contributed by atoms with E-state index in [1.807, 2.05) is 6.07 Å². The number of hydrogen-bond acceptors (Lipinski definition) is 4. The lowest BCUT2D eigenvalue weighted by Crippen LogP contribution is -2.57. The fraction of sp³-hybridized carbons (Fsp3) is 0.375. The van der Waals surface area contributed by atoms with E-state index in [1.165, 1.54) is 10.9 Å². The highest BCUT2D eigenvalue weighted by molar-refractivity contribution is 6.39. The number of carbonyl (C=O) groups excluding carboxylic acids is 2. The monoisotopic (exact) mass is 381 g/mol. The fourth-order valence-corrected chi connectivity index (χ4v) is 3.33. The van der Waals surface area contributed by atoms with Crippen LogP contribution in [-0.4, -0.2) is 32.3 Å². The average molecular weight is 382 g/mol. The number of aromatic nitrogens is 3. The summed E-state index contributed by atoms with van der Waals surface area (Å²) in [7, 11) is 1.62. The number of hydrogen-bond donors (Lipinski definition) is 2. The third-order valence-electron chi connectivity index (χ3n) is 4.40. The maximum atomic E-state index is 12.3. The number of rotatable bonds is 4. The van der Waals surface area contributed by atoms with Crippen LogP contribution in [0.15, 0.2) is 24.4 Å². The van der Waals surface area contributed by atoms with E-state index in [0.717, 1.165) is 24.8 Å². The molecule has 9 heteroatoms. The second-order valence-corrected chi connectivity index (χ2v) is 7.04. The SMILES string of the molecule is Cn1nncc1NC(=O)C(=O)NC1(Cc2ccc(Cl)cc2Cl)CCC1. The summed E-state index contributed by atoms with van der Waals surface area (Å²) >= 11 is 12.2. The molecule has 132 valence electrons. The van der Waals surface area contributed by atoms with Gasteiger partial charge in [-0.25, -0.2) is 4.68 Å². The Kier molecular flexibility index (Phi) is 4.96. The van der Waals surface area contributed by atoms with Crippen molar-refractivity contribution in [2.45, 2.75) is 31.2 Å². The van der Waals surface area contributed by atoms with Crippen LogP contribution in [0.4, 0.5) is 5.82 Å². The molecule has 1 aliphatic carbocycles. The van der Waals surface area contributed by atoms with Crippen molar-refractivity contribution >= 4 is 40.8 Å². The third kappa shape index (κ3) is 3.93. The molecule has 1 fully saturated rings. The van der Waals surface area contributed by atoms with Gasteiger partial charge in [0.25, 0.3) is 0 Å². The number of carbonyl (C=O) groups is 2. The van der Waals surface area contributed by atoms with Crippen molar-refractivity contribution < 1.29 is 9.59 Å². The molecule has 0 bridgehead atoms. The number of amides is 2. The molecule has 0 atom stereocenters. The van der Waals surface area contributed by atoms with E-state index >= 15 is 0 Å². The molecule has 1 heterocycles. The largest absolute Gasteiger partial charge is 0.342 e. The molecule has 0 aliphatic heterocycles. The van der Waals surface area contributed by atoms with Gasteiger partial charge in [-0.2, -0.15) is 0 Å². The predicted octanol–water partition coefficient (Wildman–Crippen LogP) is 2.34. The zero-order valence-corrected chi connectivity index (χ0v) is 15.1. The predicted molar refractivity (Wildman–Crippen MR) is 94.5 cm³/mol. The van der Waals surface area contributed by atoms with Gasteiger partial charge >= 0.3 is 11.8 Å². The minimum absolute atomic E-state index is 0.351. The smallest absolute Gasteiger partial charge is 0.314 e. The molecule has 7 nitrogen and oxygen atoms in total. The molecule has 1 saturated carbocycles. The van der Waals surface area contributed by atoms with Gasteiger partial charge in [0.05, 0.1) is 6.20 Å². The maximum Gasteiger partial charge on any atom is 0.314 e. The number of benzene rings is 1. The zero-order chi connectivity index (χ0) is 18.0. The Morgan fingerprint density at radius 3 is 2.60 bits per heavy atom. The minimum atomic E-state index is -0.751. The Morgan fingerprint density at radius 1 is 1.28 bits per heavy atom. The average Bonchev–Trinajstić information content (AvgIpc) is 2.92. The minimum Gasteiger partial charge on any atom is -0.342 e. The molecule has 2 aromatic rings. The summed E-state index contributed by atoms with van der Waals surface area (Å²) in [5.41, 5.74) is 0.429. The second-order valence-electron chi connectivity index (χ2n) is 6.20.